The standard InChI is InChI=1S/C15H20N2/c1-3-12-9-14(10-12)17-11(2)6-7-13-5-4-8-16-15(13)17/h4-5,8,12,14H,2-3,6-7,9-10H2,1H3. The molecule has 1 aliphatic heterocycles. The van der Waals surface area contributed by atoms with Crippen molar-refractivity contribution in [2.45, 2.75) is 45.1 Å². The third-order valence-electron chi connectivity index (χ3n) is 4.27. The summed E-state index contributed by atoms with van der Waals surface area (Å²) in [6.45, 7) is 6.52. The van der Waals surface area contributed by atoms with Gasteiger partial charge in [-0.3, -0.25) is 0 Å². The van der Waals surface area contributed by atoms with Gasteiger partial charge in [0, 0.05) is 17.9 Å². The molecule has 90 valence electrons. The van der Waals surface area contributed by atoms with E-state index in [0.717, 1.165) is 18.8 Å². The molecule has 1 fully saturated rings. The van der Waals surface area contributed by atoms with Gasteiger partial charge in [0.1, 0.15) is 5.82 Å². The molecule has 2 nitrogen and oxygen atoms in total. The van der Waals surface area contributed by atoms with Crippen LogP contribution in [0.5, 0.6) is 0 Å². The minimum Gasteiger partial charge on any atom is -0.327 e. The summed E-state index contributed by atoms with van der Waals surface area (Å²) in [6, 6.07) is 4.90. The summed E-state index contributed by atoms with van der Waals surface area (Å²) < 4.78 is 0. The summed E-state index contributed by atoms with van der Waals surface area (Å²) in [4.78, 5) is 6.98. The van der Waals surface area contributed by atoms with Crippen LogP contribution in [0.1, 0.15) is 38.2 Å². The van der Waals surface area contributed by atoms with Crippen LogP contribution in [0, 0.1) is 5.92 Å². The Balaban J connectivity index is 1.86. The Morgan fingerprint density at radius 3 is 3.00 bits per heavy atom. The largest absolute Gasteiger partial charge is 0.327 e. The van der Waals surface area contributed by atoms with Crippen molar-refractivity contribution in [1.29, 1.82) is 0 Å². The minimum atomic E-state index is 0.654. The molecule has 0 radical (unpaired) electrons. The summed E-state index contributed by atoms with van der Waals surface area (Å²) in [6.07, 6.45) is 8.03. The fourth-order valence-corrected chi connectivity index (χ4v) is 3.07. The lowest BCUT2D eigenvalue weighted by atomic mass is 9.77. The molecule has 17 heavy (non-hydrogen) atoms. The number of aromatic nitrogens is 1. The van der Waals surface area contributed by atoms with Gasteiger partial charge >= 0.3 is 0 Å². The van der Waals surface area contributed by atoms with E-state index < -0.39 is 0 Å². The van der Waals surface area contributed by atoms with Gasteiger partial charge < -0.3 is 4.90 Å². The van der Waals surface area contributed by atoms with E-state index in [1.807, 2.05) is 12.3 Å². The number of rotatable bonds is 2. The van der Waals surface area contributed by atoms with Gasteiger partial charge in [0.15, 0.2) is 0 Å². The molecule has 0 bridgehead atoms. The third kappa shape index (κ3) is 1.76. The molecule has 1 aromatic heterocycles. The first-order chi connectivity index (χ1) is 8.29. The zero-order valence-corrected chi connectivity index (χ0v) is 10.5. The van der Waals surface area contributed by atoms with Gasteiger partial charge in [-0.2, -0.15) is 0 Å². The van der Waals surface area contributed by atoms with Gasteiger partial charge in [0.2, 0.25) is 0 Å². The van der Waals surface area contributed by atoms with Crippen molar-refractivity contribution in [3.05, 3.63) is 36.2 Å². The molecule has 0 N–H and O–H groups in total. The summed E-state index contributed by atoms with van der Waals surface area (Å²) in [5.74, 6) is 2.09. The molecule has 0 aromatic carbocycles. The summed E-state index contributed by atoms with van der Waals surface area (Å²) >= 11 is 0. The Bertz CT molecular complexity index is 432. The van der Waals surface area contributed by atoms with Crippen LogP contribution in [0.3, 0.4) is 0 Å². The maximum atomic E-state index is 4.57. The fraction of sp³-hybridized carbons (Fsp3) is 0.533. The van der Waals surface area contributed by atoms with E-state index in [0.29, 0.717) is 6.04 Å². The van der Waals surface area contributed by atoms with Crippen molar-refractivity contribution >= 4 is 5.82 Å². The quantitative estimate of drug-likeness (QED) is 0.769. The van der Waals surface area contributed by atoms with E-state index in [1.165, 1.54) is 36.3 Å². The van der Waals surface area contributed by atoms with Gasteiger partial charge in [-0.05, 0) is 43.2 Å². The Labute approximate surface area is 103 Å². The number of hydrogen-bond donors (Lipinski definition) is 0. The number of anilines is 1. The predicted molar refractivity (Wildman–Crippen MR) is 71.0 cm³/mol. The number of aryl methyl sites for hydroxylation is 1. The van der Waals surface area contributed by atoms with Gasteiger partial charge in [-0.25, -0.2) is 4.98 Å². The first kappa shape index (κ1) is 10.8. The second-order valence-electron chi connectivity index (χ2n) is 5.32. The molecule has 2 heteroatoms. The van der Waals surface area contributed by atoms with Crippen molar-refractivity contribution in [2.24, 2.45) is 5.92 Å². The van der Waals surface area contributed by atoms with Gasteiger partial charge in [0.25, 0.3) is 0 Å². The highest BCUT2D eigenvalue weighted by Crippen LogP contribution is 2.41. The highest BCUT2D eigenvalue weighted by Gasteiger charge is 2.36. The Morgan fingerprint density at radius 1 is 1.41 bits per heavy atom. The van der Waals surface area contributed by atoms with Gasteiger partial charge in [-0.15, -0.1) is 0 Å². The average Bonchev–Trinajstić information content (AvgIpc) is 2.30. The molecule has 2 heterocycles. The predicted octanol–water partition coefficient (Wildman–Crippen LogP) is 3.54. The fourth-order valence-electron chi connectivity index (χ4n) is 3.07. The molecular formula is C15H20N2. The summed E-state index contributed by atoms with van der Waals surface area (Å²) in [5, 5.41) is 0. The first-order valence-corrected chi connectivity index (χ1v) is 6.70. The van der Waals surface area contributed by atoms with Crippen LogP contribution in [-0.2, 0) is 6.42 Å². The Kier molecular flexibility index (Phi) is 2.65. The second-order valence-corrected chi connectivity index (χ2v) is 5.32. The van der Waals surface area contributed by atoms with Gasteiger partial charge in [-0.1, -0.05) is 26.0 Å². The lowest BCUT2D eigenvalue weighted by Gasteiger charge is -2.46. The van der Waals surface area contributed by atoms with Crippen LogP contribution in [0.15, 0.2) is 30.6 Å². The van der Waals surface area contributed by atoms with Crippen LogP contribution in [0.4, 0.5) is 5.82 Å². The minimum absolute atomic E-state index is 0.654. The summed E-state index contributed by atoms with van der Waals surface area (Å²) in [5.41, 5.74) is 2.65. The summed E-state index contributed by atoms with van der Waals surface area (Å²) in [7, 11) is 0. The molecule has 1 aromatic rings. The number of fused-ring (bicyclic) bond motifs is 1. The maximum absolute atomic E-state index is 4.57. The first-order valence-electron chi connectivity index (χ1n) is 6.70. The smallest absolute Gasteiger partial charge is 0.136 e. The van der Waals surface area contributed by atoms with Gasteiger partial charge in [0.05, 0.1) is 0 Å². The molecule has 0 amide bonds. The highest BCUT2D eigenvalue weighted by atomic mass is 15.2. The van der Waals surface area contributed by atoms with E-state index in [4.69, 9.17) is 0 Å². The number of pyridine rings is 1. The molecular weight excluding hydrogens is 208 g/mol. The molecule has 0 unspecified atom stereocenters. The number of allylic oxidation sites excluding steroid dienone is 1. The van der Waals surface area contributed by atoms with E-state index in [2.05, 4.69) is 29.5 Å². The SMILES string of the molecule is C=C1CCc2cccnc2N1C1CC(CC)C1. The second kappa shape index (κ2) is 4.17. The molecule has 1 saturated carbocycles. The van der Waals surface area contributed by atoms with E-state index in [1.54, 1.807) is 0 Å². The third-order valence-corrected chi connectivity index (χ3v) is 4.27. The molecule has 0 atom stereocenters. The zero-order chi connectivity index (χ0) is 11.8. The van der Waals surface area contributed by atoms with Crippen LogP contribution in [0.2, 0.25) is 0 Å². The Morgan fingerprint density at radius 2 is 2.24 bits per heavy atom. The van der Waals surface area contributed by atoms with E-state index >= 15 is 0 Å². The number of nitrogens with zero attached hydrogens (tertiary/aromatic N) is 2. The van der Waals surface area contributed by atoms with Crippen LogP contribution in [0.25, 0.3) is 0 Å². The van der Waals surface area contributed by atoms with E-state index in [9.17, 15) is 0 Å². The maximum Gasteiger partial charge on any atom is 0.136 e. The highest BCUT2D eigenvalue weighted by molar-refractivity contribution is 5.56. The monoisotopic (exact) mass is 228 g/mol. The van der Waals surface area contributed by atoms with Crippen LogP contribution < -0.4 is 4.90 Å². The molecule has 2 aliphatic rings. The molecule has 0 spiro atoms. The van der Waals surface area contributed by atoms with Crippen molar-refractivity contribution in [3.63, 3.8) is 0 Å². The van der Waals surface area contributed by atoms with Crippen LogP contribution in [-0.4, -0.2) is 11.0 Å². The lowest BCUT2D eigenvalue weighted by molar-refractivity contribution is 0.249. The molecule has 0 saturated heterocycles. The normalized spacial score (nSPS) is 27.6. The number of hydrogen-bond acceptors (Lipinski definition) is 2. The zero-order valence-electron chi connectivity index (χ0n) is 10.5. The van der Waals surface area contributed by atoms with Crippen LogP contribution >= 0.6 is 0 Å². The average molecular weight is 228 g/mol. The topological polar surface area (TPSA) is 16.1 Å². The molecule has 1 aliphatic carbocycles. The van der Waals surface area contributed by atoms with Crippen molar-refractivity contribution in [3.8, 4) is 0 Å². The molecule has 3 rings (SSSR count). The van der Waals surface area contributed by atoms with Crippen molar-refractivity contribution in [1.82, 2.24) is 4.98 Å². The van der Waals surface area contributed by atoms with Crippen molar-refractivity contribution < 1.29 is 0 Å². The van der Waals surface area contributed by atoms with E-state index in [-0.39, 0.29) is 0 Å². The van der Waals surface area contributed by atoms with Crippen molar-refractivity contribution in [2.75, 3.05) is 4.90 Å². The lowest BCUT2D eigenvalue weighted by Crippen LogP contribution is -2.46. The Hall–Kier alpha value is -1.31.